The van der Waals surface area contributed by atoms with Crippen LogP contribution in [0.4, 0.5) is 11.5 Å². The second kappa shape index (κ2) is 5.67. The number of nitro groups is 1. The number of pyridine rings is 1. The molecule has 21 heavy (non-hydrogen) atoms. The number of nitrogens with zero attached hydrogens (tertiary/aromatic N) is 4. The Balaban J connectivity index is 1.73. The summed E-state index contributed by atoms with van der Waals surface area (Å²) >= 11 is 0. The smallest absolute Gasteiger partial charge is 0.311 e. The molecule has 1 amide bonds. The Hall–Kier alpha value is -2.18. The molecule has 2 heterocycles. The van der Waals surface area contributed by atoms with Crippen LogP contribution in [0.5, 0.6) is 0 Å². The zero-order chi connectivity index (χ0) is 14.8. The third kappa shape index (κ3) is 2.96. The maximum Gasteiger partial charge on any atom is 0.311 e. The van der Waals surface area contributed by atoms with Gasteiger partial charge in [0.1, 0.15) is 0 Å². The Bertz CT molecular complexity index is 559. The molecule has 2 fully saturated rings. The van der Waals surface area contributed by atoms with Gasteiger partial charge in [0.15, 0.2) is 0 Å². The van der Waals surface area contributed by atoms with E-state index in [0.717, 1.165) is 25.8 Å². The van der Waals surface area contributed by atoms with Crippen molar-refractivity contribution >= 4 is 17.4 Å². The molecule has 0 unspecified atom stereocenters. The van der Waals surface area contributed by atoms with E-state index in [-0.39, 0.29) is 17.5 Å². The third-order valence-corrected chi connectivity index (χ3v) is 4.00. The number of amides is 1. The SMILES string of the molecule is O=C(C1CC1)N1CCCN(c2ncccc2[N+](=O)[O-])CC1. The summed E-state index contributed by atoms with van der Waals surface area (Å²) in [5.74, 6) is 0.872. The summed E-state index contributed by atoms with van der Waals surface area (Å²) in [5, 5.41) is 11.1. The van der Waals surface area contributed by atoms with Crippen molar-refractivity contribution in [3.05, 3.63) is 28.4 Å². The normalized spacial score (nSPS) is 19.2. The fourth-order valence-electron chi connectivity index (χ4n) is 2.71. The van der Waals surface area contributed by atoms with E-state index in [0.29, 0.717) is 25.5 Å². The predicted octanol–water partition coefficient (Wildman–Crippen LogP) is 1.44. The average molecular weight is 290 g/mol. The van der Waals surface area contributed by atoms with Gasteiger partial charge in [-0.3, -0.25) is 14.9 Å². The second-order valence-electron chi connectivity index (χ2n) is 5.54. The fourth-order valence-corrected chi connectivity index (χ4v) is 2.71. The fraction of sp³-hybridized carbons (Fsp3) is 0.571. The van der Waals surface area contributed by atoms with Crippen molar-refractivity contribution in [1.82, 2.24) is 9.88 Å². The van der Waals surface area contributed by atoms with E-state index >= 15 is 0 Å². The highest BCUT2D eigenvalue weighted by molar-refractivity contribution is 5.81. The highest BCUT2D eigenvalue weighted by Gasteiger charge is 2.34. The second-order valence-corrected chi connectivity index (χ2v) is 5.54. The van der Waals surface area contributed by atoms with Crippen LogP contribution in [0.3, 0.4) is 0 Å². The van der Waals surface area contributed by atoms with E-state index < -0.39 is 4.92 Å². The molecule has 3 rings (SSSR count). The van der Waals surface area contributed by atoms with E-state index in [1.54, 1.807) is 12.3 Å². The van der Waals surface area contributed by atoms with Gasteiger partial charge in [-0.15, -0.1) is 0 Å². The van der Waals surface area contributed by atoms with Crippen molar-refractivity contribution < 1.29 is 9.72 Å². The minimum atomic E-state index is -0.402. The van der Waals surface area contributed by atoms with Crippen LogP contribution < -0.4 is 4.90 Å². The summed E-state index contributed by atoms with van der Waals surface area (Å²) in [5.41, 5.74) is 0.0273. The molecule has 1 aliphatic carbocycles. The van der Waals surface area contributed by atoms with Crippen LogP contribution in [0.1, 0.15) is 19.3 Å². The first-order valence-corrected chi connectivity index (χ1v) is 7.30. The summed E-state index contributed by atoms with van der Waals surface area (Å²) in [4.78, 5) is 30.8. The van der Waals surface area contributed by atoms with Crippen molar-refractivity contribution in [1.29, 1.82) is 0 Å². The van der Waals surface area contributed by atoms with Crippen LogP contribution >= 0.6 is 0 Å². The first-order chi connectivity index (χ1) is 10.2. The number of aromatic nitrogens is 1. The Kier molecular flexibility index (Phi) is 3.72. The van der Waals surface area contributed by atoms with E-state index in [1.807, 2.05) is 9.80 Å². The Morgan fingerprint density at radius 3 is 2.81 bits per heavy atom. The quantitative estimate of drug-likeness (QED) is 0.621. The highest BCUT2D eigenvalue weighted by Crippen LogP contribution is 2.32. The molecule has 0 N–H and O–H groups in total. The number of carbonyl (C=O) groups is 1. The lowest BCUT2D eigenvalue weighted by Gasteiger charge is -2.22. The summed E-state index contributed by atoms with van der Waals surface area (Å²) in [6.45, 7) is 2.62. The lowest BCUT2D eigenvalue weighted by Crippen LogP contribution is -2.36. The predicted molar refractivity (Wildman–Crippen MR) is 77.0 cm³/mol. The topological polar surface area (TPSA) is 79.6 Å². The maximum atomic E-state index is 12.1. The number of anilines is 1. The minimum absolute atomic E-state index is 0.0273. The molecule has 0 bridgehead atoms. The van der Waals surface area contributed by atoms with Gasteiger partial charge in [-0.05, 0) is 25.3 Å². The molecule has 0 atom stereocenters. The Labute approximate surface area is 122 Å². The average Bonchev–Trinajstić information content (AvgIpc) is 3.33. The van der Waals surface area contributed by atoms with Gasteiger partial charge >= 0.3 is 5.69 Å². The Morgan fingerprint density at radius 1 is 1.29 bits per heavy atom. The zero-order valence-electron chi connectivity index (χ0n) is 11.8. The molecule has 0 radical (unpaired) electrons. The molecule has 1 aromatic heterocycles. The zero-order valence-corrected chi connectivity index (χ0v) is 11.8. The summed E-state index contributed by atoms with van der Waals surface area (Å²) in [7, 11) is 0. The van der Waals surface area contributed by atoms with Gasteiger partial charge in [-0.1, -0.05) is 0 Å². The van der Waals surface area contributed by atoms with E-state index in [1.165, 1.54) is 6.07 Å². The van der Waals surface area contributed by atoms with E-state index in [4.69, 9.17) is 0 Å². The largest absolute Gasteiger partial charge is 0.349 e. The molecule has 1 aliphatic heterocycles. The van der Waals surface area contributed by atoms with Crippen LogP contribution in [-0.4, -0.2) is 46.9 Å². The summed E-state index contributed by atoms with van der Waals surface area (Å²) in [6, 6.07) is 3.04. The highest BCUT2D eigenvalue weighted by atomic mass is 16.6. The first kappa shape index (κ1) is 13.8. The number of rotatable bonds is 3. The molecule has 112 valence electrons. The molecular weight excluding hydrogens is 272 g/mol. The van der Waals surface area contributed by atoms with E-state index in [2.05, 4.69) is 4.98 Å². The summed E-state index contributed by atoms with van der Waals surface area (Å²) < 4.78 is 0. The van der Waals surface area contributed by atoms with E-state index in [9.17, 15) is 14.9 Å². The summed E-state index contributed by atoms with van der Waals surface area (Å²) in [6.07, 6.45) is 4.39. The number of carbonyl (C=O) groups excluding carboxylic acids is 1. The van der Waals surface area contributed by atoms with Gasteiger partial charge in [0.2, 0.25) is 11.7 Å². The molecule has 1 aromatic rings. The molecule has 7 heteroatoms. The van der Waals surface area contributed by atoms with Gasteiger partial charge in [0.05, 0.1) is 4.92 Å². The molecular formula is C14H18N4O3. The lowest BCUT2D eigenvalue weighted by molar-refractivity contribution is -0.384. The molecule has 1 saturated heterocycles. The van der Waals surface area contributed by atoms with Crippen molar-refractivity contribution in [3.8, 4) is 0 Å². The number of hydrogen-bond donors (Lipinski definition) is 0. The van der Waals surface area contributed by atoms with Gasteiger partial charge in [-0.25, -0.2) is 4.98 Å². The van der Waals surface area contributed by atoms with Crippen LogP contribution in [-0.2, 0) is 4.79 Å². The maximum absolute atomic E-state index is 12.1. The van der Waals surface area contributed by atoms with Gasteiger partial charge < -0.3 is 9.80 Å². The van der Waals surface area contributed by atoms with Crippen molar-refractivity contribution in [2.45, 2.75) is 19.3 Å². The molecule has 2 aliphatic rings. The molecule has 1 saturated carbocycles. The lowest BCUT2D eigenvalue weighted by atomic mass is 10.3. The van der Waals surface area contributed by atoms with Crippen LogP contribution in [0.2, 0.25) is 0 Å². The van der Waals surface area contributed by atoms with Crippen LogP contribution in [0, 0.1) is 16.0 Å². The van der Waals surface area contributed by atoms with Crippen molar-refractivity contribution in [2.24, 2.45) is 5.92 Å². The monoisotopic (exact) mass is 290 g/mol. The Morgan fingerprint density at radius 2 is 2.10 bits per heavy atom. The van der Waals surface area contributed by atoms with Crippen LogP contribution in [0.15, 0.2) is 18.3 Å². The van der Waals surface area contributed by atoms with Gasteiger partial charge in [-0.2, -0.15) is 0 Å². The molecule has 0 spiro atoms. The van der Waals surface area contributed by atoms with Crippen LogP contribution in [0.25, 0.3) is 0 Å². The van der Waals surface area contributed by atoms with Crippen molar-refractivity contribution in [2.75, 3.05) is 31.1 Å². The first-order valence-electron chi connectivity index (χ1n) is 7.30. The van der Waals surface area contributed by atoms with Gasteiger partial charge in [0.25, 0.3) is 0 Å². The number of hydrogen-bond acceptors (Lipinski definition) is 5. The molecule has 0 aromatic carbocycles. The van der Waals surface area contributed by atoms with Gasteiger partial charge in [0, 0.05) is 44.4 Å². The standard InChI is InChI=1S/C14H18N4O3/c19-14(11-4-5-11)17-8-2-7-16(9-10-17)13-12(18(20)21)3-1-6-15-13/h1,3,6,11H,2,4-5,7-10H2. The molecule has 7 nitrogen and oxygen atoms in total. The third-order valence-electron chi connectivity index (χ3n) is 4.00. The van der Waals surface area contributed by atoms with Crippen molar-refractivity contribution in [3.63, 3.8) is 0 Å². The minimum Gasteiger partial charge on any atom is -0.349 e.